The minimum absolute atomic E-state index is 0.133. The molecule has 1 aromatic rings. The van der Waals surface area contributed by atoms with Gasteiger partial charge >= 0.3 is 0 Å². The Morgan fingerprint density at radius 2 is 2.39 bits per heavy atom. The van der Waals surface area contributed by atoms with Gasteiger partial charge in [-0.1, -0.05) is 17.7 Å². The average molecular weight is 361 g/mol. The van der Waals surface area contributed by atoms with E-state index in [2.05, 4.69) is 10.3 Å². The highest BCUT2D eigenvalue weighted by Gasteiger charge is 2.27. The van der Waals surface area contributed by atoms with Crippen molar-refractivity contribution in [3.05, 3.63) is 50.7 Å². The van der Waals surface area contributed by atoms with Crippen LogP contribution < -0.4 is 5.32 Å². The number of rotatable bonds is 8. The van der Waals surface area contributed by atoms with Crippen LogP contribution in [0.3, 0.4) is 0 Å². The van der Waals surface area contributed by atoms with Gasteiger partial charge in [0.25, 0.3) is 5.70 Å². The lowest BCUT2D eigenvalue weighted by molar-refractivity contribution is -0.425. The van der Waals surface area contributed by atoms with E-state index < -0.39 is 6.67 Å². The first kappa shape index (κ1) is 17.8. The predicted molar refractivity (Wildman–Crippen MR) is 89.6 cm³/mol. The van der Waals surface area contributed by atoms with E-state index in [-0.39, 0.29) is 16.4 Å². The standard InChI is InChI=1S/C14H18ClFN4O2S/c15-13-3-2-11(8-18-13)9-19-6-5-17-14(19)12(20(21)22)10-23-7-1-4-16/h2-3,8,17H,1,4-7,9-10H2/b14-12-. The number of nitro groups is 1. The zero-order valence-electron chi connectivity index (χ0n) is 12.5. The van der Waals surface area contributed by atoms with Gasteiger partial charge in [-0.3, -0.25) is 14.5 Å². The van der Waals surface area contributed by atoms with E-state index in [1.54, 1.807) is 12.3 Å². The summed E-state index contributed by atoms with van der Waals surface area (Å²) >= 11 is 7.14. The van der Waals surface area contributed by atoms with Gasteiger partial charge in [0.05, 0.1) is 17.4 Å². The van der Waals surface area contributed by atoms with E-state index in [0.717, 1.165) is 5.56 Å². The lowest BCUT2D eigenvalue weighted by atomic mass is 10.2. The van der Waals surface area contributed by atoms with Crippen molar-refractivity contribution in [3.8, 4) is 0 Å². The maximum Gasteiger partial charge on any atom is 0.295 e. The topological polar surface area (TPSA) is 71.3 Å². The Morgan fingerprint density at radius 1 is 1.57 bits per heavy atom. The van der Waals surface area contributed by atoms with Gasteiger partial charge in [-0.15, -0.1) is 0 Å². The molecule has 9 heteroatoms. The van der Waals surface area contributed by atoms with Crippen molar-refractivity contribution in [2.24, 2.45) is 0 Å². The molecule has 0 bridgehead atoms. The van der Waals surface area contributed by atoms with E-state index in [0.29, 0.717) is 42.8 Å². The third-order valence-corrected chi connectivity index (χ3v) is 4.59. The normalized spacial score (nSPS) is 16.3. The highest BCUT2D eigenvalue weighted by atomic mass is 35.5. The first-order valence-electron chi connectivity index (χ1n) is 7.22. The molecule has 0 amide bonds. The van der Waals surface area contributed by atoms with Crippen LogP contribution >= 0.6 is 23.4 Å². The number of nitrogens with one attached hydrogen (secondary N) is 1. The number of thioether (sulfide) groups is 1. The van der Waals surface area contributed by atoms with E-state index in [9.17, 15) is 14.5 Å². The van der Waals surface area contributed by atoms with Crippen molar-refractivity contribution >= 4 is 23.4 Å². The Labute approximate surface area is 143 Å². The van der Waals surface area contributed by atoms with Crippen LogP contribution in [-0.2, 0) is 6.54 Å². The third-order valence-electron chi connectivity index (χ3n) is 3.31. The van der Waals surface area contributed by atoms with Crippen molar-refractivity contribution in [2.75, 3.05) is 31.3 Å². The number of aromatic nitrogens is 1. The van der Waals surface area contributed by atoms with Crippen LogP contribution in [0.2, 0.25) is 5.15 Å². The molecule has 0 unspecified atom stereocenters. The predicted octanol–water partition coefficient (Wildman–Crippen LogP) is 2.68. The summed E-state index contributed by atoms with van der Waals surface area (Å²) in [7, 11) is 0. The smallest absolute Gasteiger partial charge is 0.295 e. The molecule has 2 heterocycles. The molecule has 0 spiro atoms. The van der Waals surface area contributed by atoms with Crippen LogP contribution in [0.15, 0.2) is 29.8 Å². The van der Waals surface area contributed by atoms with Crippen molar-refractivity contribution in [1.29, 1.82) is 0 Å². The van der Waals surface area contributed by atoms with Crippen molar-refractivity contribution in [3.63, 3.8) is 0 Å². The fraction of sp³-hybridized carbons (Fsp3) is 0.500. The van der Waals surface area contributed by atoms with Crippen molar-refractivity contribution in [1.82, 2.24) is 15.2 Å². The van der Waals surface area contributed by atoms with Crippen LogP contribution in [0.4, 0.5) is 4.39 Å². The number of alkyl halides is 1. The van der Waals surface area contributed by atoms with Crippen molar-refractivity contribution in [2.45, 2.75) is 13.0 Å². The summed E-state index contributed by atoms with van der Waals surface area (Å²) in [5.41, 5.74) is 1.07. The molecule has 1 N–H and O–H groups in total. The van der Waals surface area contributed by atoms with Gasteiger partial charge in [0.15, 0.2) is 5.82 Å². The number of hydrogen-bond donors (Lipinski definition) is 1. The molecule has 1 aliphatic rings. The summed E-state index contributed by atoms with van der Waals surface area (Å²) in [4.78, 5) is 17.0. The first-order valence-corrected chi connectivity index (χ1v) is 8.75. The summed E-state index contributed by atoms with van der Waals surface area (Å²) < 4.78 is 12.1. The molecule has 0 aromatic carbocycles. The average Bonchev–Trinajstić information content (AvgIpc) is 2.97. The van der Waals surface area contributed by atoms with Crippen LogP contribution in [0.25, 0.3) is 0 Å². The molecule has 23 heavy (non-hydrogen) atoms. The zero-order valence-corrected chi connectivity index (χ0v) is 14.1. The van der Waals surface area contributed by atoms with Gasteiger partial charge in [-0.05, 0) is 23.8 Å². The van der Waals surface area contributed by atoms with Crippen LogP contribution in [-0.4, -0.2) is 46.1 Å². The quantitative estimate of drug-likeness (QED) is 0.332. The Balaban J connectivity index is 2.08. The minimum atomic E-state index is -0.398. The SMILES string of the molecule is O=[N+]([O-])/C(CSCCCF)=C1/NCCN1Cc1ccc(Cl)nc1. The number of nitrogens with zero attached hydrogens (tertiary/aromatic N) is 3. The monoisotopic (exact) mass is 360 g/mol. The number of pyridine rings is 1. The van der Waals surface area contributed by atoms with Crippen LogP contribution in [0.5, 0.6) is 0 Å². The largest absolute Gasteiger partial charge is 0.365 e. The molecule has 1 aromatic heterocycles. The van der Waals surface area contributed by atoms with Gasteiger partial charge in [0.1, 0.15) is 5.15 Å². The Bertz CT molecular complexity index is 570. The maximum absolute atomic E-state index is 12.1. The van der Waals surface area contributed by atoms with Crippen molar-refractivity contribution < 1.29 is 9.31 Å². The molecular formula is C14H18ClFN4O2S. The Morgan fingerprint density at radius 3 is 3.04 bits per heavy atom. The molecule has 0 radical (unpaired) electrons. The van der Waals surface area contributed by atoms with E-state index in [1.807, 2.05) is 11.0 Å². The van der Waals surface area contributed by atoms with Crippen LogP contribution in [0, 0.1) is 10.1 Å². The lowest BCUT2D eigenvalue weighted by Gasteiger charge is -2.18. The molecular weight excluding hydrogens is 343 g/mol. The summed E-state index contributed by atoms with van der Waals surface area (Å²) in [6, 6.07) is 3.55. The molecule has 0 saturated carbocycles. The van der Waals surface area contributed by atoms with E-state index in [4.69, 9.17) is 11.6 Å². The van der Waals surface area contributed by atoms with Crippen LogP contribution in [0.1, 0.15) is 12.0 Å². The summed E-state index contributed by atoms with van der Waals surface area (Å²) in [5.74, 6) is 1.37. The van der Waals surface area contributed by atoms with Gasteiger partial charge < -0.3 is 10.2 Å². The number of hydrogen-bond acceptors (Lipinski definition) is 6. The number of halogens is 2. The molecule has 0 atom stereocenters. The Hall–Kier alpha value is -1.54. The molecule has 0 aliphatic carbocycles. The Kier molecular flexibility index (Phi) is 6.91. The van der Waals surface area contributed by atoms with Gasteiger partial charge in [0, 0.05) is 25.8 Å². The zero-order chi connectivity index (χ0) is 16.7. The summed E-state index contributed by atoms with van der Waals surface area (Å²) in [5, 5.41) is 14.9. The molecule has 126 valence electrons. The first-order chi connectivity index (χ1) is 11.1. The lowest BCUT2D eigenvalue weighted by Crippen LogP contribution is -2.24. The second-order valence-electron chi connectivity index (χ2n) is 4.99. The highest BCUT2D eigenvalue weighted by Crippen LogP contribution is 2.20. The molecule has 1 saturated heterocycles. The van der Waals surface area contributed by atoms with E-state index >= 15 is 0 Å². The van der Waals surface area contributed by atoms with Gasteiger partial charge in [-0.2, -0.15) is 11.8 Å². The third kappa shape index (κ3) is 5.24. The molecule has 1 fully saturated rings. The molecule has 2 rings (SSSR count). The van der Waals surface area contributed by atoms with Gasteiger partial charge in [-0.25, -0.2) is 4.98 Å². The fourth-order valence-electron chi connectivity index (χ4n) is 2.23. The summed E-state index contributed by atoms with van der Waals surface area (Å²) in [6.45, 7) is 1.47. The van der Waals surface area contributed by atoms with Gasteiger partial charge in [0.2, 0.25) is 0 Å². The second kappa shape index (κ2) is 8.93. The fourth-order valence-corrected chi connectivity index (χ4v) is 3.23. The maximum atomic E-state index is 12.1. The highest BCUT2D eigenvalue weighted by molar-refractivity contribution is 7.99. The molecule has 6 nitrogen and oxygen atoms in total. The molecule has 1 aliphatic heterocycles. The van der Waals surface area contributed by atoms with E-state index in [1.165, 1.54) is 11.8 Å². The minimum Gasteiger partial charge on any atom is -0.365 e. The second-order valence-corrected chi connectivity index (χ2v) is 6.48. The summed E-state index contributed by atoms with van der Waals surface area (Å²) in [6.07, 6.45) is 2.08.